The van der Waals surface area contributed by atoms with Crippen molar-refractivity contribution in [3.8, 4) is 0 Å². The van der Waals surface area contributed by atoms with Crippen LogP contribution in [0.1, 0.15) is 17.2 Å². The average molecular weight is 262 g/mol. The maximum Gasteiger partial charge on any atom is 0.109 e. The minimum absolute atomic E-state index is 0.794. The van der Waals surface area contributed by atoms with E-state index in [0.29, 0.717) is 0 Å². The Morgan fingerprint density at radius 3 is 2.45 bits per heavy atom. The SMILES string of the molecule is O[C@@H]1c2ccc3c(ccc4ccccc43)c2C=C[C@@H]1O. The van der Waals surface area contributed by atoms with Crippen LogP contribution in [0.3, 0.4) is 0 Å². The first-order valence-corrected chi connectivity index (χ1v) is 6.74. The van der Waals surface area contributed by atoms with E-state index in [2.05, 4.69) is 24.3 Å². The van der Waals surface area contributed by atoms with Gasteiger partial charge in [0.05, 0.1) is 0 Å². The quantitative estimate of drug-likeness (QED) is 0.609. The number of aliphatic hydroxyl groups excluding tert-OH is 2. The van der Waals surface area contributed by atoms with Gasteiger partial charge in [0.15, 0.2) is 0 Å². The molecule has 4 rings (SSSR count). The molecular formula is C18H14O2. The molecule has 0 heterocycles. The predicted octanol–water partition coefficient (Wildman–Crippen LogP) is 3.41. The first kappa shape index (κ1) is 11.6. The van der Waals surface area contributed by atoms with Gasteiger partial charge >= 0.3 is 0 Å². The van der Waals surface area contributed by atoms with Crippen molar-refractivity contribution >= 4 is 27.6 Å². The third-order valence-corrected chi connectivity index (χ3v) is 4.10. The zero-order valence-corrected chi connectivity index (χ0v) is 10.8. The van der Waals surface area contributed by atoms with Crippen LogP contribution in [-0.4, -0.2) is 16.3 Å². The van der Waals surface area contributed by atoms with Crippen molar-refractivity contribution in [3.05, 3.63) is 65.7 Å². The minimum atomic E-state index is -0.842. The van der Waals surface area contributed by atoms with Gasteiger partial charge in [-0.05, 0) is 32.7 Å². The summed E-state index contributed by atoms with van der Waals surface area (Å²) in [5.41, 5.74) is 1.80. The Hall–Kier alpha value is -2.16. The molecule has 3 aromatic carbocycles. The van der Waals surface area contributed by atoms with E-state index >= 15 is 0 Å². The van der Waals surface area contributed by atoms with E-state index in [9.17, 15) is 10.2 Å². The van der Waals surface area contributed by atoms with Crippen molar-refractivity contribution in [1.82, 2.24) is 0 Å². The van der Waals surface area contributed by atoms with Crippen LogP contribution in [0.4, 0.5) is 0 Å². The Morgan fingerprint density at radius 2 is 1.55 bits per heavy atom. The first-order chi connectivity index (χ1) is 9.75. The molecule has 2 heteroatoms. The molecule has 98 valence electrons. The summed E-state index contributed by atoms with van der Waals surface area (Å²) in [6.07, 6.45) is 1.90. The molecule has 0 saturated carbocycles. The third-order valence-electron chi connectivity index (χ3n) is 4.10. The van der Waals surface area contributed by atoms with Gasteiger partial charge in [0, 0.05) is 0 Å². The highest BCUT2D eigenvalue weighted by Crippen LogP contribution is 2.36. The molecule has 0 spiro atoms. The largest absolute Gasteiger partial charge is 0.386 e. The van der Waals surface area contributed by atoms with Crippen LogP contribution in [0.2, 0.25) is 0 Å². The van der Waals surface area contributed by atoms with Gasteiger partial charge < -0.3 is 10.2 Å². The average Bonchev–Trinajstić information content (AvgIpc) is 2.50. The van der Waals surface area contributed by atoms with E-state index in [4.69, 9.17) is 0 Å². The number of benzene rings is 3. The molecule has 0 amide bonds. The molecule has 1 aliphatic carbocycles. The zero-order valence-electron chi connectivity index (χ0n) is 10.8. The molecular weight excluding hydrogens is 248 g/mol. The van der Waals surface area contributed by atoms with E-state index in [1.54, 1.807) is 6.08 Å². The summed E-state index contributed by atoms with van der Waals surface area (Å²) in [6, 6.07) is 16.4. The van der Waals surface area contributed by atoms with Gasteiger partial charge in [-0.2, -0.15) is 0 Å². The van der Waals surface area contributed by atoms with E-state index in [1.807, 2.05) is 30.3 Å². The third kappa shape index (κ3) is 1.52. The Morgan fingerprint density at radius 1 is 0.750 bits per heavy atom. The molecule has 0 aliphatic heterocycles. The Kier molecular flexibility index (Phi) is 2.43. The molecule has 3 aromatic rings. The van der Waals surface area contributed by atoms with Crippen LogP contribution in [0.25, 0.3) is 27.6 Å². The highest BCUT2D eigenvalue weighted by atomic mass is 16.3. The number of hydrogen-bond donors (Lipinski definition) is 2. The monoisotopic (exact) mass is 262 g/mol. The lowest BCUT2D eigenvalue weighted by Crippen LogP contribution is -2.19. The molecule has 1 aliphatic rings. The second-order valence-electron chi connectivity index (χ2n) is 5.24. The summed E-state index contributed by atoms with van der Waals surface area (Å²) in [5, 5.41) is 24.5. The maximum absolute atomic E-state index is 10.1. The predicted molar refractivity (Wildman–Crippen MR) is 81.5 cm³/mol. The zero-order chi connectivity index (χ0) is 13.7. The molecule has 0 aromatic heterocycles. The number of hydrogen-bond acceptors (Lipinski definition) is 2. The Balaban J connectivity index is 2.12. The van der Waals surface area contributed by atoms with E-state index in [0.717, 1.165) is 16.5 Å². The molecule has 0 radical (unpaired) electrons. The summed E-state index contributed by atoms with van der Waals surface area (Å²) in [5.74, 6) is 0. The maximum atomic E-state index is 10.1. The van der Waals surface area contributed by atoms with Crippen LogP contribution in [0, 0.1) is 0 Å². The van der Waals surface area contributed by atoms with Crippen molar-refractivity contribution in [3.63, 3.8) is 0 Å². The lowest BCUT2D eigenvalue weighted by atomic mass is 9.88. The van der Waals surface area contributed by atoms with Crippen LogP contribution in [0.15, 0.2) is 54.6 Å². The van der Waals surface area contributed by atoms with Crippen LogP contribution < -0.4 is 0 Å². The summed E-state index contributed by atoms with van der Waals surface area (Å²) >= 11 is 0. The van der Waals surface area contributed by atoms with Gasteiger partial charge in [0.2, 0.25) is 0 Å². The van der Waals surface area contributed by atoms with E-state index in [1.165, 1.54) is 16.2 Å². The van der Waals surface area contributed by atoms with Crippen molar-refractivity contribution in [2.24, 2.45) is 0 Å². The van der Waals surface area contributed by atoms with E-state index < -0.39 is 12.2 Å². The number of rotatable bonds is 0. The molecule has 0 fully saturated rings. The number of fused-ring (bicyclic) bond motifs is 5. The van der Waals surface area contributed by atoms with Gasteiger partial charge in [-0.25, -0.2) is 0 Å². The van der Waals surface area contributed by atoms with Crippen LogP contribution in [-0.2, 0) is 0 Å². The fourth-order valence-electron chi connectivity index (χ4n) is 3.06. The Bertz CT molecular complexity index is 849. The van der Waals surface area contributed by atoms with Crippen LogP contribution in [0.5, 0.6) is 0 Å². The summed E-state index contributed by atoms with van der Waals surface area (Å²) in [7, 11) is 0. The van der Waals surface area contributed by atoms with Crippen molar-refractivity contribution in [1.29, 1.82) is 0 Å². The molecule has 0 saturated heterocycles. The Labute approximate surface area is 116 Å². The highest BCUT2D eigenvalue weighted by molar-refractivity contribution is 6.10. The van der Waals surface area contributed by atoms with Gasteiger partial charge in [0.1, 0.15) is 12.2 Å². The standard InChI is InChI=1S/C18H14O2/c19-17-10-9-15-14-6-5-11-3-1-2-4-12(11)13(14)7-8-16(15)18(17)20/h1-10,17-20H/t17-,18+/m0/s1. The molecule has 0 unspecified atom stereocenters. The highest BCUT2D eigenvalue weighted by Gasteiger charge is 2.23. The molecule has 2 N–H and O–H groups in total. The fraction of sp³-hybridized carbons (Fsp3) is 0.111. The van der Waals surface area contributed by atoms with Crippen LogP contribution >= 0.6 is 0 Å². The topological polar surface area (TPSA) is 40.5 Å². The molecule has 20 heavy (non-hydrogen) atoms. The fourth-order valence-corrected chi connectivity index (χ4v) is 3.06. The normalized spacial score (nSPS) is 21.3. The molecule has 2 nitrogen and oxygen atoms in total. The lowest BCUT2D eigenvalue weighted by molar-refractivity contribution is 0.0471. The van der Waals surface area contributed by atoms with Gasteiger partial charge in [0.25, 0.3) is 0 Å². The van der Waals surface area contributed by atoms with Crippen molar-refractivity contribution in [2.75, 3.05) is 0 Å². The molecule has 0 bridgehead atoms. The lowest BCUT2D eigenvalue weighted by Gasteiger charge is -2.23. The summed E-state index contributed by atoms with van der Waals surface area (Å²) < 4.78 is 0. The van der Waals surface area contributed by atoms with Gasteiger partial charge in [-0.15, -0.1) is 0 Å². The first-order valence-electron chi connectivity index (χ1n) is 6.74. The summed E-state index contributed by atoms with van der Waals surface area (Å²) in [4.78, 5) is 0. The van der Waals surface area contributed by atoms with Gasteiger partial charge in [-0.1, -0.05) is 60.7 Å². The van der Waals surface area contributed by atoms with Crippen molar-refractivity contribution in [2.45, 2.75) is 12.2 Å². The summed E-state index contributed by atoms with van der Waals surface area (Å²) in [6.45, 7) is 0. The minimum Gasteiger partial charge on any atom is -0.386 e. The van der Waals surface area contributed by atoms with Gasteiger partial charge in [-0.3, -0.25) is 0 Å². The second-order valence-corrected chi connectivity index (χ2v) is 5.24. The smallest absolute Gasteiger partial charge is 0.109 e. The van der Waals surface area contributed by atoms with E-state index in [-0.39, 0.29) is 0 Å². The second kappa shape index (κ2) is 4.17. The van der Waals surface area contributed by atoms with Crippen molar-refractivity contribution < 1.29 is 10.2 Å². The molecule has 2 atom stereocenters. The number of aliphatic hydroxyl groups is 2.